The topological polar surface area (TPSA) is 52.8 Å². The number of hydrogen-bond donors (Lipinski definition) is 0. The summed E-state index contributed by atoms with van der Waals surface area (Å²) in [4.78, 5) is 28.9. The summed E-state index contributed by atoms with van der Waals surface area (Å²) in [5, 5.41) is 0. The first kappa shape index (κ1) is 10.7. The van der Waals surface area contributed by atoms with Gasteiger partial charge in [-0.2, -0.15) is 9.48 Å². The number of nitrogens with zero attached hydrogens (tertiary/aromatic N) is 3. The van der Waals surface area contributed by atoms with Gasteiger partial charge in [-0.1, -0.05) is 13.8 Å². The lowest BCUT2D eigenvalue weighted by molar-refractivity contribution is -0.444. The molecule has 84 valence electrons. The Morgan fingerprint density at radius 2 is 2.12 bits per heavy atom. The maximum Gasteiger partial charge on any atom is 0.446 e. The van der Waals surface area contributed by atoms with E-state index in [2.05, 4.69) is 4.99 Å². The van der Waals surface area contributed by atoms with Crippen molar-refractivity contribution in [3.05, 3.63) is 11.6 Å². The van der Waals surface area contributed by atoms with Crippen molar-refractivity contribution in [3.8, 4) is 0 Å². The van der Waals surface area contributed by atoms with Crippen molar-refractivity contribution in [2.24, 2.45) is 10.9 Å². The van der Waals surface area contributed by atoms with Crippen molar-refractivity contribution >= 4 is 24.0 Å². The highest BCUT2D eigenvalue weighted by Crippen LogP contribution is 2.16. The van der Waals surface area contributed by atoms with Crippen LogP contribution in [0.5, 0.6) is 0 Å². The Morgan fingerprint density at radius 3 is 2.75 bits per heavy atom. The summed E-state index contributed by atoms with van der Waals surface area (Å²) in [5.74, 6) is 0.536. The van der Waals surface area contributed by atoms with Gasteiger partial charge >= 0.3 is 11.9 Å². The molecule has 2 aliphatic heterocycles. The number of rotatable bonds is 2. The maximum atomic E-state index is 11.9. The molecule has 0 aliphatic carbocycles. The summed E-state index contributed by atoms with van der Waals surface area (Å²) in [6.45, 7) is 4.61. The number of amidine groups is 1. The van der Waals surface area contributed by atoms with Crippen LogP contribution in [0.2, 0.25) is 0 Å². The molecule has 0 radical (unpaired) electrons. The predicted molar refractivity (Wildman–Crippen MR) is 59.7 cm³/mol. The van der Waals surface area contributed by atoms with Gasteiger partial charge in [0, 0.05) is 0 Å². The summed E-state index contributed by atoms with van der Waals surface area (Å²) in [6, 6.07) is -0.301. The lowest BCUT2D eigenvalue weighted by Crippen LogP contribution is -2.49. The van der Waals surface area contributed by atoms with E-state index in [-0.39, 0.29) is 11.9 Å². The van der Waals surface area contributed by atoms with Crippen molar-refractivity contribution in [1.29, 1.82) is 0 Å². The maximum absolute atomic E-state index is 11.9. The standard InChI is InChI=1S/C11H14N3O2/c1-7(2)6-14-9-8(4-5-12-9)10(15)13(3)11(14)16/h4-5,7H,6H2,1-3H3/q+1. The number of amides is 3. The van der Waals surface area contributed by atoms with Crippen molar-refractivity contribution in [1.82, 2.24) is 4.90 Å². The first-order chi connectivity index (χ1) is 7.52. The van der Waals surface area contributed by atoms with Crippen LogP contribution in [0, 0.1) is 5.92 Å². The number of urea groups is 1. The van der Waals surface area contributed by atoms with E-state index in [0.29, 0.717) is 23.9 Å². The van der Waals surface area contributed by atoms with Crippen molar-refractivity contribution in [2.45, 2.75) is 13.8 Å². The van der Waals surface area contributed by atoms with Gasteiger partial charge in [-0.25, -0.2) is 9.59 Å². The largest absolute Gasteiger partial charge is 0.446 e. The molecule has 2 rings (SSSR count). The fourth-order valence-electron chi connectivity index (χ4n) is 1.78. The monoisotopic (exact) mass is 220 g/mol. The van der Waals surface area contributed by atoms with Crippen LogP contribution in [0.15, 0.2) is 16.6 Å². The number of carbonyl (C=O) groups is 2. The third kappa shape index (κ3) is 1.48. The second kappa shape index (κ2) is 3.66. The number of fused-ring (bicyclic) bond motifs is 1. The van der Waals surface area contributed by atoms with Crippen LogP contribution in [-0.2, 0) is 4.79 Å². The Morgan fingerprint density at radius 1 is 1.44 bits per heavy atom. The SMILES string of the molecule is CC(C)C[N+]1=C2N=CC=C2C(=O)N(C)C1=O. The van der Waals surface area contributed by atoms with Crippen LogP contribution in [0.4, 0.5) is 4.79 Å². The Kier molecular flexibility index (Phi) is 2.46. The Bertz CT molecular complexity index is 458. The zero-order valence-corrected chi connectivity index (χ0v) is 9.60. The van der Waals surface area contributed by atoms with Crippen LogP contribution in [0.3, 0.4) is 0 Å². The summed E-state index contributed by atoms with van der Waals surface area (Å²) < 4.78 is 1.56. The van der Waals surface area contributed by atoms with E-state index < -0.39 is 0 Å². The predicted octanol–water partition coefficient (Wildman–Crippen LogP) is 0.656. The van der Waals surface area contributed by atoms with E-state index in [0.717, 1.165) is 4.90 Å². The highest BCUT2D eigenvalue weighted by molar-refractivity contribution is 6.29. The summed E-state index contributed by atoms with van der Waals surface area (Å²) in [7, 11) is 1.49. The lowest BCUT2D eigenvalue weighted by atomic mass is 10.1. The van der Waals surface area contributed by atoms with E-state index >= 15 is 0 Å². The molecule has 3 amide bonds. The van der Waals surface area contributed by atoms with Gasteiger partial charge in [-0.05, 0) is 12.0 Å². The zero-order valence-electron chi connectivity index (χ0n) is 9.60. The number of likely N-dealkylation sites (N-methyl/N-ethyl adjacent to an activating group) is 1. The summed E-state index contributed by atoms with van der Waals surface area (Å²) in [5.41, 5.74) is 0.503. The van der Waals surface area contributed by atoms with E-state index in [1.807, 2.05) is 13.8 Å². The average molecular weight is 220 g/mol. The van der Waals surface area contributed by atoms with Crippen LogP contribution < -0.4 is 0 Å². The molecule has 2 heterocycles. The van der Waals surface area contributed by atoms with Gasteiger partial charge in [0.1, 0.15) is 11.8 Å². The molecule has 0 aromatic heterocycles. The second-order valence-electron chi connectivity index (χ2n) is 4.33. The molecule has 16 heavy (non-hydrogen) atoms. The fraction of sp³-hybridized carbons (Fsp3) is 0.455. The molecule has 0 saturated heterocycles. The van der Waals surface area contributed by atoms with E-state index in [1.165, 1.54) is 7.05 Å². The number of imide groups is 1. The molecule has 0 aromatic rings. The van der Waals surface area contributed by atoms with Gasteiger partial charge in [-0.15, -0.1) is 4.99 Å². The van der Waals surface area contributed by atoms with Crippen molar-refractivity contribution < 1.29 is 14.2 Å². The zero-order chi connectivity index (χ0) is 11.9. The molecule has 0 spiro atoms. The van der Waals surface area contributed by atoms with Crippen LogP contribution in [-0.4, -0.2) is 47.1 Å². The minimum absolute atomic E-state index is 0.280. The van der Waals surface area contributed by atoms with Crippen LogP contribution >= 0.6 is 0 Å². The van der Waals surface area contributed by atoms with E-state index in [9.17, 15) is 9.59 Å². The average Bonchev–Trinajstić information content (AvgIpc) is 2.69. The van der Waals surface area contributed by atoms with Gasteiger partial charge in [-0.3, -0.25) is 0 Å². The van der Waals surface area contributed by atoms with Crippen molar-refractivity contribution in [3.63, 3.8) is 0 Å². The molecule has 5 nitrogen and oxygen atoms in total. The third-order valence-electron chi connectivity index (χ3n) is 2.54. The molecule has 0 atom stereocenters. The number of hydrogen-bond acceptors (Lipinski definition) is 3. The fourth-order valence-corrected chi connectivity index (χ4v) is 1.78. The molecule has 0 unspecified atom stereocenters. The lowest BCUT2D eigenvalue weighted by Gasteiger charge is -2.20. The smallest absolute Gasteiger partial charge is 0.250 e. The van der Waals surface area contributed by atoms with Crippen LogP contribution in [0.1, 0.15) is 13.8 Å². The molecule has 0 aromatic carbocycles. The van der Waals surface area contributed by atoms with Crippen LogP contribution in [0.25, 0.3) is 0 Å². The molecule has 5 heteroatoms. The van der Waals surface area contributed by atoms with Gasteiger partial charge in [0.15, 0.2) is 0 Å². The Labute approximate surface area is 93.8 Å². The van der Waals surface area contributed by atoms with Gasteiger partial charge in [0.2, 0.25) is 0 Å². The molecule has 2 aliphatic rings. The molecule has 0 fully saturated rings. The Hall–Kier alpha value is -1.78. The van der Waals surface area contributed by atoms with E-state index in [4.69, 9.17) is 0 Å². The highest BCUT2D eigenvalue weighted by Gasteiger charge is 2.42. The van der Waals surface area contributed by atoms with Gasteiger partial charge in [0.05, 0.1) is 13.6 Å². The molecule has 0 saturated carbocycles. The molecular weight excluding hydrogens is 206 g/mol. The minimum Gasteiger partial charge on any atom is -0.250 e. The molecule has 0 N–H and O–H groups in total. The summed E-state index contributed by atoms with van der Waals surface area (Å²) in [6.07, 6.45) is 3.20. The number of allylic oxidation sites excluding steroid dienone is 1. The van der Waals surface area contributed by atoms with Crippen molar-refractivity contribution in [2.75, 3.05) is 13.6 Å². The number of aliphatic imine (C=N–C) groups is 1. The Balaban J connectivity index is 2.50. The number of carbonyl (C=O) groups excluding carboxylic acids is 2. The normalized spacial score (nSPS) is 19.8. The summed E-state index contributed by atoms with van der Waals surface area (Å²) >= 11 is 0. The van der Waals surface area contributed by atoms with Gasteiger partial charge in [0.25, 0.3) is 5.84 Å². The third-order valence-corrected chi connectivity index (χ3v) is 2.54. The molecular formula is C11H14N3O2+. The highest BCUT2D eigenvalue weighted by atomic mass is 16.2. The minimum atomic E-state index is -0.301. The first-order valence-corrected chi connectivity index (χ1v) is 5.23. The van der Waals surface area contributed by atoms with E-state index in [1.54, 1.807) is 16.9 Å². The quantitative estimate of drug-likeness (QED) is 0.642. The molecule has 0 bridgehead atoms. The second-order valence-corrected chi connectivity index (χ2v) is 4.33. The first-order valence-electron chi connectivity index (χ1n) is 5.23. The van der Waals surface area contributed by atoms with Gasteiger partial charge < -0.3 is 0 Å².